The molecule has 0 unspecified atom stereocenters. The molecule has 0 saturated carbocycles. The molecule has 1 aliphatic carbocycles. The molecule has 0 atom stereocenters. The molecular weight excluding hydrogens is 380 g/mol. The number of carbonyl (C=O) groups excluding carboxylic acids is 2. The van der Waals surface area contributed by atoms with Crippen LogP contribution in [0, 0.1) is 0 Å². The van der Waals surface area contributed by atoms with Gasteiger partial charge in [-0.3, -0.25) is 9.59 Å². The molecular formula is C23H26N4O3. The average Bonchev–Trinajstić information content (AvgIpc) is 3.33. The molecule has 0 radical (unpaired) electrons. The number of phenolic OH excluding ortho intramolecular Hbond substituents is 1. The summed E-state index contributed by atoms with van der Waals surface area (Å²) in [5.41, 5.74) is 4.74. The summed E-state index contributed by atoms with van der Waals surface area (Å²) in [5, 5.41) is 15.0. The number of hydrogen-bond donors (Lipinski definition) is 4. The van der Waals surface area contributed by atoms with Gasteiger partial charge in [0.25, 0.3) is 0 Å². The molecule has 2 aromatic heterocycles. The summed E-state index contributed by atoms with van der Waals surface area (Å²) < 4.78 is 0. The number of nitrogens with zero attached hydrogens (tertiary/aromatic N) is 1. The molecule has 3 aromatic rings. The lowest BCUT2D eigenvalue weighted by molar-refractivity contribution is -0.111. The van der Waals surface area contributed by atoms with Gasteiger partial charge in [0, 0.05) is 41.0 Å². The normalized spacial score (nSPS) is 13.9. The molecule has 0 saturated heterocycles. The number of nitrogens with one attached hydrogen (secondary N) is 3. The molecule has 7 nitrogen and oxygen atoms in total. The van der Waals surface area contributed by atoms with E-state index < -0.39 is 11.6 Å². The van der Waals surface area contributed by atoms with Crippen LogP contribution in [0.25, 0.3) is 16.5 Å². The Balaban J connectivity index is 1.83. The Morgan fingerprint density at radius 1 is 1.07 bits per heavy atom. The van der Waals surface area contributed by atoms with Crippen LogP contribution in [0.4, 0.5) is 0 Å². The first-order valence-electron chi connectivity index (χ1n) is 10.0. The molecule has 30 heavy (non-hydrogen) atoms. The highest BCUT2D eigenvalue weighted by atomic mass is 16.3. The third-order valence-electron chi connectivity index (χ3n) is 5.62. The van der Waals surface area contributed by atoms with E-state index in [1.165, 1.54) is 6.08 Å². The second kappa shape index (κ2) is 7.93. The summed E-state index contributed by atoms with van der Waals surface area (Å²) in [6, 6.07) is 3.69. The van der Waals surface area contributed by atoms with Gasteiger partial charge in [-0.2, -0.15) is 0 Å². The van der Waals surface area contributed by atoms with E-state index in [9.17, 15) is 14.7 Å². The second-order valence-electron chi connectivity index (χ2n) is 7.92. The number of ketones is 2. The van der Waals surface area contributed by atoms with Crippen molar-refractivity contribution in [2.24, 2.45) is 0 Å². The molecule has 1 aliphatic rings. The fourth-order valence-corrected chi connectivity index (χ4v) is 4.03. The lowest BCUT2D eigenvalue weighted by atomic mass is 9.87. The molecule has 156 valence electrons. The smallest absolute Gasteiger partial charge is 0.235 e. The topological polar surface area (TPSA) is 101 Å². The van der Waals surface area contributed by atoms with Crippen LogP contribution in [0.3, 0.4) is 0 Å². The van der Waals surface area contributed by atoms with E-state index in [0.717, 1.165) is 35.0 Å². The number of likely N-dealkylation sites (N-methyl/N-ethyl adjacent to an activating group) is 2. The number of fused-ring (bicyclic) bond motifs is 2. The zero-order chi connectivity index (χ0) is 21.4. The maximum atomic E-state index is 12.6. The van der Waals surface area contributed by atoms with Gasteiger partial charge in [-0.15, -0.1) is 0 Å². The largest absolute Gasteiger partial charge is 0.507 e. The van der Waals surface area contributed by atoms with Crippen molar-refractivity contribution >= 4 is 28.0 Å². The van der Waals surface area contributed by atoms with Crippen LogP contribution in [-0.2, 0) is 17.6 Å². The van der Waals surface area contributed by atoms with Crippen molar-refractivity contribution in [1.82, 2.24) is 20.2 Å². The number of aromatic hydroxyl groups is 1. The molecule has 0 amide bonds. The number of phenols is 1. The predicted molar refractivity (Wildman–Crippen MR) is 117 cm³/mol. The SMILES string of the molecule is CNCCc1c[nH]c2c1C(=O)C(=O)C=C2c1ccc2[nH]cc(CCN(C)C)c2c1O. The van der Waals surface area contributed by atoms with Gasteiger partial charge in [0.15, 0.2) is 0 Å². The number of allylic oxidation sites excluding steroid dienone is 1. The number of carbonyl (C=O) groups is 2. The Kier molecular flexibility index (Phi) is 5.32. The quantitative estimate of drug-likeness (QED) is 0.451. The van der Waals surface area contributed by atoms with E-state index in [0.29, 0.717) is 35.4 Å². The van der Waals surface area contributed by atoms with Gasteiger partial charge in [0.05, 0.1) is 11.3 Å². The molecule has 0 aliphatic heterocycles. The highest BCUT2D eigenvalue weighted by Gasteiger charge is 2.31. The molecule has 4 rings (SSSR count). The molecule has 0 spiro atoms. The second-order valence-corrected chi connectivity index (χ2v) is 7.92. The Morgan fingerprint density at radius 3 is 2.57 bits per heavy atom. The minimum atomic E-state index is -0.566. The van der Waals surface area contributed by atoms with Gasteiger partial charge in [0.1, 0.15) is 5.75 Å². The van der Waals surface area contributed by atoms with Crippen molar-refractivity contribution in [2.45, 2.75) is 12.8 Å². The maximum Gasteiger partial charge on any atom is 0.235 e. The number of H-pyrrole nitrogens is 2. The third-order valence-corrected chi connectivity index (χ3v) is 5.62. The monoisotopic (exact) mass is 406 g/mol. The van der Waals surface area contributed by atoms with Crippen molar-refractivity contribution in [2.75, 3.05) is 34.2 Å². The van der Waals surface area contributed by atoms with Crippen molar-refractivity contribution in [3.8, 4) is 5.75 Å². The van der Waals surface area contributed by atoms with Gasteiger partial charge in [0.2, 0.25) is 11.6 Å². The maximum absolute atomic E-state index is 12.6. The number of rotatable bonds is 7. The number of Topliss-reactive ketones (excluding diaryl/α,β-unsaturated/α-hetero) is 1. The Hall–Kier alpha value is -3.16. The summed E-state index contributed by atoms with van der Waals surface area (Å²) in [4.78, 5) is 33.5. The van der Waals surface area contributed by atoms with Gasteiger partial charge in [-0.25, -0.2) is 0 Å². The van der Waals surface area contributed by atoms with Crippen LogP contribution in [0.1, 0.15) is 32.7 Å². The van der Waals surface area contributed by atoms with Gasteiger partial charge in [-0.1, -0.05) is 0 Å². The Labute approximate surface area is 174 Å². The van der Waals surface area contributed by atoms with Crippen LogP contribution >= 0.6 is 0 Å². The van der Waals surface area contributed by atoms with E-state index >= 15 is 0 Å². The highest BCUT2D eigenvalue weighted by molar-refractivity contribution is 6.51. The standard InChI is InChI=1S/C23H26N4O3/c1-24-8-6-13-12-26-21-16(10-18(28)23(30)20(13)21)15-4-5-17-19(22(15)29)14(11-25-17)7-9-27(2)3/h4-5,10-12,24-26,29H,6-9H2,1-3H3. The number of benzene rings is 1. The van der Waals surface area contributed by atoms with E-state index in [4.69, 9.17) is 0 Å². The average molecular weight is 406 g/mol. The lowest BCUT2D eigenvalue weighted by Crippen LogP contribution is -2.21. The van der Waals surface area contributed by atoms with E-state index in [1.54, 1.807) is 12.3 Å². The minimum Gasteiger partial charge on any atom is -0.507 e. The van der Waals surface area contributed by atoms with Crippen LogP contribution in [0.2, 0.25) is 0 Å². The highest BCUT2D eigenvalue weighted by Crippen LogP contribution is 2.40. The van der Waals surface area contributed by atoms with Gasteiger partial charge >= 0.3 is 0 Å². The molecule has 0 bridgehead atoms. The summed E-state index contributed by atoms with van der Waals surface area (Å²) in [7, 11) is 5.86. The fourth-order valence-electron chi connectivity index (χ4n) is 4.03. The summed E-state index contributed by atoms with van der Waals surface area (Å²) in [5.74, 6) is -0.951. The van der Waals surface area contributed by atoms with Crippen molar-refractivity contribution in [3.05, 3.63) is 58.6 Å². The summed E-state index contributed by atoms with van der Waals surface area (Å²) in [6.45, 7) is 1.54. The first-order valence-corrected chi connectivity index (χ1v) is 10.0. The molecule has 0 fully saturated rings. The zero-order valence-electron chi connectivity index (χ0n) is 17.4. The Morgan fingerprint density at radius 2 is 1.83 bits per heavy atom. The lowest BCUT2D eigenvalue weighted by Gasteiger charge is -2.16. The predicted octanol–water partition coefficient (Wildman–Crippen LogP) is 2.26. The van der Waals surface area contributed by atoms with E-state index in [2.05, 4.69) is 20.2 Å². The summed E-state index contributed by atoms with van der Waals surface area (Å²) >= 11 is 0. The van der Waals surface area contributed by atoms with Crippen LogP contribution in [0.15, 0.2) is 30.6 Å². The number of hydrogen-bond acceptors (Lipinski definition) is 5. The van der Waals surface area contributed by atoms with Crippen molar-refractivity contribution in [3.63, 3.8) is 0 Å². The first kappa shape index (κ1) is 20.1. The Bertz CT molecular complexity index is 1170. The van der Waals surface area contributed by atoms with Crippen LogP contribution in [0.5, 0.6) is 5.75 Å². The van der Waals surface area contributed by atoms with Crippen LogP contribution in [-0.4, -0.2) is 65.8 Å². The molecule has 4 N–H and O–H groups in total. The summed E-state index contributed by atoms with van der Waals surface area (Å²) in [6.07, 6.45) is 6.43. The van der Waals surface area contributed by atoms with Crippen LogP contribution < -0.4 is 5.32 Å². The zero-order valence-corrected chi connectivity index (χ0v) is 17.4. The molecule has 1 aromatic carbocycles. The number of aromatic amines is 2. The van der Waals surface area contributed by atoms with Crippen molar-refractivity contribution < 1.29 is 14.7 Å². The number of aromatic nitrogens is 2. The van der Waals surface area contributed by atoms with E-state index in [1.807, 2.05) is 33.4 Å². The molecule has 7 heteroatoms. The first-order chi connectivity index (χ1) is 14.4. The van der Waals surface area contributed by atoms with Gasteiger partial charge in [-0.05, 0) is 69.9 Å². The molecule has 2 heterocycles. The van der Waals surface area contributed by atoms with E-state index in [-0.39, 0.29) is 5.75 Å². The third kappa shape index (κ3) is 3.36. The minimum absolute atomic E-state index is 0.119. The van der Waals surface area contributed by atoms with Crippen molar-refractivity contribution in [1.29, 1.82) is 0 Å². The fraction of sp³-hybridized carbons (Fsp3) is 0.304. The van der Waals surface area contributed by atoms with Gasteiger partial charge < -0.3 is 25.3 Å².